The highest BCUT2D eigenvalue weighted by Crippen LogP contribution is 2.18. The third-order valence-electron chi connectivity index (χ3n) is 16.0. The molecule has 0 spiro atoms. The first kappa shape index (κ1) is 78.1. The predicted octanol–water partition coefficient (Wildman–Crippen LogP) is 24.7. The zero-order valence-electron chi connectivity index (χ0n) is 54.3. The van der Waals surface area contributed by atoms with E-state index >= 15 is 0 Å². The zero-order valence-corrected chi connectivity index (χ0v) is 54.3. The highest BCUT2D eigenvalue weighted by atomic mass is 16.6. The molecule has 6 heteroatoms. The number of hydrogen-bond acceptors (Lipinski definition) is 6. The molecule has 0 saturated carbocycles. The molecule has 0 radical (unpaired) electrons. The van der Waals surface area contributed by atoms with E-state index in [4.69, 9.17) is 14.2 Å². The van der Waals surface area contributed by atoms with Gasteiger partial charge in [0.15, 0.2) is 6.10 Å². The molecule has 0 aliphatic heterocycles. The summed E-state index contributed by atoms with van der Waals surface area (Å²) in [6.07, 6.45) is 89.6. The van der Waals surface area contributed by atoms with Gasteiger partial charge in [-0.1, -0.05) is 338 Å². The van der Waals surface area contributed by atoms with E-state index in [0.717, 1.165) is 96.3 Å². The van der Waals surface area contributed by atoms with Crippen molar-refractivity contribution in [3.63, 3.8) is 0 Å². The number of ether oxygens (including phenoxy) is 3. The van der Waals surface area contributed by atoms with Gasteiger partial charge >= 0.3 is 17.9 Å². The van der Waals surface area contributed by atoms with Crippen LogP contribution in [0.1, 0.15) is 380 Å². The van der Waals surface area contributed by atoms with Crippen LogP contribution in [0.25, 0.3) is 0 Å². The zero-order chi connectivity index (χ0) is 58.5. The Bertz CT molecular complexity index is 1440. The summed E-state index contributed by atoms with van der Waals surface area (Å²) >= 11 is 0. The molecule has 0 bridgehead atoms. The van der Waals surface area contributed by atoms with Crippen LogP contribution in [0.3, 0.4) is 0 Å². The third kappa shape index (κ3) is 67.8. The Labute approximate surface area is 504 Å². The Morgan fingerprint density at radius 3 is 0.765 bits per heavy atom. The second-order valence-corrected chi connectivity index (χ2v) is 24.1. The first-order valence-corrected chi connectivity index (χ1v) is 35.8. The molecule has 0 fully saturated rings. The Balaban J connectivity index is 4.32. The maximum Gasteiger partial charge on any atom is 0.306 e. The molecular weight excluding hydrogens is 997 g/mol. The van der Waals surface area contributed by atoms with Crippen molar-refractivity contribution in [1.29, 1.82) is 0 Å². The Morgan fingerprint density at radius 2 is 0.481 bits per heavy atom. The van der Waals surface area contributed by atoms with E-state index in [-0.39, 0.29) is 31.1 Å². The second-order valence-electron chi connectivity index (χ2n) is 24.1. The fourth-order valence-electron chi connectivity index (χ4n) is 10.7. The van der Waals surface area contributed by atoms with Crippen LogP contribution in [0.2, 0.25) is 0 Å². The standard InChI is InChI=1S/C75H136O6/c1-4-7-10-13-16-19-22-25-28-31-34-35-36-37-38-39-42-44-47-50-53-56-59-62-65-68-74(77)80-71-72(81-75(78)69-66-63-60-57-54-51-48-45-41-33-30-27-24-21-18-15-12-9-6-3)70-79-73(76)67-64-61-58-55-52-49-46-43-40-32-29-26-23-20-17-14-11-8-5-2/h9,12,18,21,26-27,29-30,41,45,72H,4-8,10-11,13-17,19-20,22-25,28,31-40,42-44,46-71H2,1-3H3/b12-9-,21-18-,29-26-,30-27-,45-41-. The molecule has 1 atom stereocenters. The van der Waals surface area contributed by atoms with Crippen molar-refractivity contribution in [3.05, 3.63) is 60.8 Å². The smallest absolute Gasteiger partial charge is 0.306 e. The second kappa shape index (κ2) is 69.6. The van der Waals surface area contributed by atoms with Gasteiger partial charge in [-0.2, -0.15) is 0 Å². The van der Waals surface area contributed by atoms with Gasteiger partial charge in [0, 0.05) is 19.3 Å². The molecule has 0 aliphatic rings. The van der Waals surface area contributed by atoms with E-state index in [9.17, 15) is 14.4 Å². The third-order valence-corrected chi connectivity index (χ3v) is 16.0. The van der Waals surface area contributed by atoms with Crippen molar-refractivity contribution in [1.82, 2.24) is 0 Å². The number of rotatable bonds is 66. The summed E-state index contributed by atoms with van der Waals surface area (Å²) in [5.41, 5.74) is 0. The number of esters is 3. The van der Waals surface area contributed by atoms with Gasteiger partial charge in [0.1, 0.15) is 13.2 Å². The molecule has 0 amide bonds. The Morgan fingerprint density at radius 1 is 0.259 bits per heavy atom. The van der Waals surface area contributed by atoms with Crippen molar-refractivity contribution < 1.29 is 28.6 Å². The van der Waals surface area contributed by atoms with Gasteiger partial charge in [-0.25, -0.2) is 0 Å². The van der Waals surface area contributed by atoms with E-state index < -0.39 is 6.10 Å². The quantitative estimate of drug-likeness (QED) is 0.0261. The fraction of sp³-hybridized carbons (Fsp3) is 0.827. The Hall–Kier alpha value is -2.89. The largest absolute Gasteiger partial charge is 0.462 e. The summed E-state index contributed by atoms with van der Waals surface area (Å²) in [6.45, 7) is 6.58. The molecule has 81 heavy (non-hydrogen) atoms. The van der Waals surface area contributed by atoms with Gasteiger partial charge in [-0.3, -0.25) is 14.4 Å². The first-order valence-electron chi connectivity index (χ1n) is 35.8. The summed E-state index contributed by atoms with van der Waals surface area (Å²) in [4.78, 5) is 38.5. The molecule has 0 aromatic heterocycles. The summed E-state index contributed by atoms with van der Waals surface area (Å²) in [5, 5.41) is 0. The molecule has 6 nitrogen and oxygen atoms in total. The highest BCUT2D eigenvalue weighted by Gasteiger charge is 2.19. The van der Waals surface area contributed by atoms with Crippen molar-refractivity contribution in [2.75, 3.05) is 13.2 Å². The molecule has 0 aliphatic carbocycles. The fourth-order valence-corrected chi connectivity index (χ4v) is 10.7. The van der Waals surface area contributed by atoms with Crippen LogP contribution in [0.5, 0.6) is 0 Å². The van der Waals surface area contributed by atoms with Crippen LogP contribution in [-0.2, 0) is 28.6 Å². The summed E-state index contributed by atoms with van der Waals surface area (Å²) in [7, 11) is 0. The molecule has 1 unspecified atom stereocenters. The number of carbonyl (C=O) groups is 3. The number of allylic oxidation sites excluding steroid dienone is 10. The molecule has 0 saturated heterocycles. The lowest BCUT2D eigenvalue weighted by Gasteiger charge is -2.18. The predicted molar refractivity (Wildman–Crippen MR) is 353 cm³/mol. The SMILES string of the molecule is CC/C=C\C/C=C\C/C=C\C/C=C\CCCCCCCCC(=O)OC(COC(=O)CCCCCCCCCCC/C=C\CCCCCCCC)COC(=O)CCCCCCCCCCCCCCCCCCCCCCCCCCC. The van der Waals surface area contributed by atoms with Crippen molar-refractivity contribution in [3.8, 4) is 0 Å². The minimum atomic E-state index is -0.783. The average Bonchev–Trinajstić information content (AvgIpc) is 3.47. The molecule has 0 N–H and O–H groups in total. The van der Waals surface area contributed by atoms with Crippen LogP contribution < -0.4 is 0 Å². The maximum absolute atomic E-state index is 13.0. The minimum Gasteiger partial charge on any atom is -0.462 e. The molecule has 0 rings (SSSR count). The van der Waals surface area contributed by atoms with Crippen LogP contribution in [-0.4, -0.2) is 37.2 Å². The lowest BCUT2D eigenvalue weighted by molar-refractivity contribution is -0.167. The van der Waals surface area contributed by atoms with Crippen LogP contribution >= 0.6 is 0 Å². The van der Waals surface area contributed by atoms with Gasteiger partial charge in [-0.15, -0.1) is 0 Å². The number of carbonyl (C=O) groups excluding carboxylic acids is 3. The van der Waals surface area contributed by atoms with Crippen LogP contribution in [0.4, 0.5) is 0 Å². The van der Waals surface area contributed by atoms with Crippen LogP contribution in [0.15, 0.2) is 60.8 Å². The van der Waals surface area contributed by atoms with E-state index in [2.05, 4.69) is 81.5 Å². The average molecular weight is 1130 g/mol. The first-order chi connectivity index (χ1) is 40.0. The molecule has 0 heterocycles. The molecule has 472 valence electrons. The van der Waals surface area contributed by atoms with Crippen molar-refractivity contribution in [2.45, 2.75) is 386 Å². The molecule has 0 aromatic carbocycles. The molecule has 0 aromatic rings. The normalized spacial score (nSPS) is 12.4. The maximum atomic E-state index is 13.0. The lowest BCUT2D eigenvalue weighted by Crippen LogP contribution is -2.30. The topological polar surface area (TPSA) is 78.9 Å². The number of unbranched alkanes of at least 4 members (excludes halogenated alkanes) is 45. The Kier molecular flexibility index (Phi) is 67.1. The van der Waals surface area contributed by atoms with Gasteiger partial charge in [0.2, 0.25) is 0 Å². The van der Waals surface area contributed by atoms with E-state index in [0.29, 0.717) is 19.3 Å². The van der Waals surface area contributed by atoms with Gasteiger partial charge in [-0.05, 0) is 83.5 Å². The summed E-state index contributed by atoms with van der Waals surface area (Å²) < 4.78 is 17.0. The van der Waals surface area contributed by atoms with E-state index in [1.165, 1.54) is 244 Å². The number of hydrogen-bond donors (Lipinski definition) is 0. The van der Waals surface area contributed by atoms with Crippen molar-refractivity contribution in [2.24, 2.45) is 0 Å². The van der Waals surface area contributed by atoms with Gasteiger partial charge in [0.05, 0.1) is 0 Å². The minimum absolute atomic E-state index is 0.0769. The van der Waals surface area contributed by atoms with E-state index in [1.807, 2.05) is 0 Å². The summed E-state index contributed by atoms with van der Waals surface area (Å²) in [5.74, 6) is -0.868. The van der Waals surface area contributed by atoms with Crippen molar-refractivity contribution >= 4 is 17.9 Å². The molecular formula is C75H136O6. The van der Waals surface area contributed by atoms with Gasteiger partial charge in [0.25, 0.3) is 0 Å². The van der Waals surface area contributed by atoms with Crippen LogP contribution in [0, 0.1) is 0 Å². The lowest BCUT2D eigenvalue weighted by atomic mass is 10.0. The monoisotopic (exact) mass is 1130 g/mol. The van der Waals surface area contributed by atoms with E-state index in [1.54, 1.807) is 0 Å². The highest BCUT2D eigenvalue weighted by molar-refractivity contribution is 5.71. The summed E-state index contributed by atoms with van der Waals surface area (Å²) in [6, 6.07) is 0. The van der Waals surface area contributed by atoms with Gasteiger partial charge < -0.3 is 14.2 Å².